The normalized spacial score (nSPS) is 15.9. The standard InChI is InChI=1S/C13H16N4O6S/c1-21-9-4-7(3-8-6-16-13(15)17-12(8)14)5-10(22-2)11(9)23-24(18,19)20/h4-6H,3H2,1-2H3,(H,18,19,20)(H4,14,15,16,17)/i1D3,2D3. The van der Waals surface area contributed by atoms with Crippen LogP contribution in [0.15, 0.2) is 18.3 Å². The molecule has 5 N–H and O–H groups in total. The molecule has 1 aromatic heterocycles. The minimum atomic E-state index is -5.20. The molecule has 0 aliphatic rings. The van der Waals surface area contributed by atoms with Crippen molar-refractivity contribution in [2.75, 3.05) is 25.5 Å². The van der Waals surface area contributed by atoms with E-state index >= 15 is 0 Å². The molecule has 10 nitrogen and oxygen atoms in total. The van der Waals surface area contributed by atoms with Crippen molar-refractivity contribution in [1.82, 2.24) is 9.97 Å². The Morgan fingerprint density at radius 1 is 1.25 bits per heavy atom. The van der Waals surface area contributed by atoms with Gasteiger partial charge in [0.25, 0.3) is 0 Å². The van der Waals surface area contributed by atoms with Gasteiger partial charge in [-0.05, 0) is 17.7 Å². The summed E-state index contributed by atoms with van der Waals surface area (Å²) in [6.07, 6.45) is 1.21. The molecule has 24 heavy (non-hydrogen) atoms. The van der Waals surface area contributed by atoms with E-state index in [1.54, 1.807) is 0 Å². The van der Waals surface area contributed by atoms with Crippen LogP contribution < -0.4 is 25.1 Å². The third-order valence-corrected chi connectivity index (χ3v) is 3.18. The summed E-state index contributed by atoms with van der Waals surface area (Å²) in [6, 6.07) is 2.07. The van der Waals surface area contributed by atoms with E-state index in [1.807, 2.05) is 0 Å². The topological polar surface area (TPSA) is 160 Å². The van der Waals surface area contributed by atoms with Crippen LogP contribution >= 0.6 is 0 Å². The van der Waals surface area contributed by atoms with Crippen LogP contribution in [-0.4, -0.2) is 37.0 Å². The van der Waals surface area contributed by atoms with Gasteiger partial charge in [0.2, 0.25) is 11.7 Å². The fourth-order valence-electron chi connectivity index (χ4n) is 1.86. The van der Waals surface area contributed by atoms with Crippen molar-refractivity contribution in [3.63, 3.8) is 0 Å². The highest BCUT2D eigenvalue weighted by Gasteiger charge is 2.20. The first-order chi connectivity index (χ1) is 13.5. The van der Waals surface area contributed by atoms with Gasteiger partial charge in [-0.15, -0.1) is 0 Å². The number of hydrogen-bond acceptors (Lipinski definition) is 9. The molecule has 11 heteroatoms. The lowest BCUT2D eigenvalue weighted by atomic mass is 10.1. The summed E-state index contributed by atoms with van der Waals surface area (Å²) in [7, 11) is -11.4. The first-order valence-electron chi connectivity index (χ1n) is 9.11. The average Bonchev–Trinajstić information content (AvgIpc) is 2.49. The second-order valence-corrected chi connectivity index (χ2v) is 5.47. The predicted octanol–water partition coefficient (Wildman–Crippen LogP) is 0.431. The molecule has 0 spiro atoms. The molecule has 0 unspecified atom stereocenters. The number of nitrogen functional groups attached to an aromatic ring is 2. The molecule has 0 radical (unpaired) electrons. The molecule has 0 atom stereocenters. The maximum absolute atomic E-state index is 11.2. The van der Waals surface area contributed by atoms with Gasteiger partial charge in [-0.1, -0.05) is 0 Å². The van der Waals surface area contributed by atoms with Crippen LogP contribution in [0.3, 0.4) is 0 Å². The number of nitrogens with zero attached hydrogens (tertiary/aromatic N) is 2. The van der Waals surface area contributed by atoms with Gasteiger partial charge in [0.1, 0.15) is 5.82 Å². The Bertz CT molecular complexity index is 1010. The lowest BCUT2D eigenvalue weighted by Crippen LogP contribution is -2.09. The summed E-state index contributed by atoms with van der Waals surface area (Å²) in [5.74, 6) is -2.54. The molecule has 1 aromatic carbocycles. The van der Waals surface area contributed by atoms with Gasteiger partial charge >= 0.3 is 10.4 Å². The van der Waals surface area contributed by atoms with Gasteiger partial charge in [-0.3, -0.25) is 4.55 Å². The molecule has 1 heterocycles. The van der Waals surface area contributed by atoms with Crippen LogP contribution in [0, 0.1) is 0 Å². The van der Waals surface area contributed by atoms with Gasteiger partial charge in [-0.25, -0.2) is 4.98 Å². The molecule has 2 rings (SSSR count). The van der Waals surface area contributed by atoms with Crippen molar-refractivity contribution < 1.29 is 34.9 Å². The van der Waals surface area contributed by atoms with Crippen LogP contribution in [0.25, 0.3) is 0 Å². The van der Waals surface area contributed by atoms with Crippen LogP contribution in [0.1, 0.15) is 19.4 Å². The van der Waals surface area contributed by atoms with Crippen molar-refractivity contribution in [2.24, 2.45) is 0 Å². The van der Waals surface area contributed by atoms with E-state index < -0.39 is 41.7 Å². The fraction of sp³-hybridized carbons (Fsp3) is 0.231. The number of nitrogens with two attached hydrogens (primary N) is 2. The summed E-state index contributed by atoms with van der Waals surface area (Å²) >= 11 is 0. The maximum Gasteiger partial charge on any atom is 0.446 e. The Kier molecular flexibility index (Phi) is 3.07. The lowest BCUT2D eigenvalue weighted by molar-refractivity contribution is 0.337. The highest BCUT2D eigenvalue weighted by Crippen LogP contribution is 2.40. The van der Waals surface area contributed by atoms with Gasteiger partial charge in [0.15, 0.2) is 11.5 Å². The summed E-state index contributed by atoms with van der Waals surface area (Å²) in [6.45, 7) is 0. The molecule has 130 valence electrons. The molecule has 0 saturated heterocycles. The zero-order valence-corrected chi connectivity index (χ0v) is 12.7. The molecular formula is C13H16N4O6S. The molecule has 0 aliphatic carbocycles. The Morgan fingerprint density at radius 2 is 1.88 bits per heavy atom. The van der Waals surface area contributed by atoms with E-state index in [-0.39, 0.29) is 23.8 Å². The van der Waals surface area contributed by atoms with Crippen LogP contribution in [-0.2, 0) is 16.8 Å². The predicted molar refractivity (Wildman–Crippen MR) is 85.4 cm³/mol. The number of anilines is 2. The molecule has 0 amide bonds. The molecule has 0 fully saturated rings. The van der Waals surface area contributed by atoms with E-state index in [0.717, 1.165) is 12.1 Å². The van der Waals surface area contributed by atoms with Gasteiger partial charge in [0.05, 0.1) is 22.3 Å². The number of aromatic nitrogens is 2. The van der Waals surface area contributed by atoms with Crippen LogP contribution in [0.4, 0.5) is 11.8 Å². The number of benzene rings is 1. The van der Waals surface area contributed by atoms with E-state index in [1.165, 1.54) is 6.20 Å². The van der Waals surface area contributed by atoms with Crippen LogP contribution in [0.2, 0.25) is 0 Å². The third-order valence-electron chi connectivity index (χ3n) is 2.80. The smallest absolute Gasteiger partial charge is 0.446 e. The average molecular weight is 362 g/mol. The minimum Gasteiger partial charge on any atom is -0.493 e. The summed E-state index contributed by atoms with van der Waals surface area (Å²) in [5, 5.41) is 0. The fourth-order valence-corrected chi connectivity index (χ4v) is 2.24. The first-order valence-corrected chi connectivity index (χ1v) is 7.48. The molecular weight excluding hydrogens is 340 g/mol. The largest absolute Gasteiger partial charge is 0.493 e. The van der Waals surface area contributed by atoms with Crippen molar-refractivity contribution in [2.45, 2.75) is 6.42 Å². The number of methoxy groups -OCH3 is 2. The molecule has 0 aliphatic heterocycles. The molecule has 0 saturated carbocycles. The zero-order valence-electron chi connectivity index (χ0n) is 17.9. The third kappa shape index (κ3) is 4.14. The zero-order chi connectivity index (χ0) is 22.9. The molecule has 2 aromatic rings. The first kappa shape index (κ1) is 10.9. The Balaban J connectivity index is 2.65. The Morgan fingerprint density at radius 3 is 2.38 bits per heavy atom. The van der Waals surface area contributed by atoms with Crippen molar-refractivity contribution in [3.8, 4) is 17.2 Å². The summed E-state index contributed by atoms with van der Waals surface area (Å²) in [4.78, 5) is 7.54. The van der Waals surface area contributed by atoms with E-state index in [4.69, 9.17) is 33.7 Å². The van der Waals surface area contributed by atoms with Crippen molar-refractivity contribution >= 4 is 22.2 Å². The minimum absolute atomic E-state index is 0.00246. The van der Waals surface area contributed by atoms with Gasteiger partial charge in [-0.2, -0.15) is 13.4 Å². The highest BCUT2D eigenvalue weighted by molar-refractivity contribution is 7.81. The van der Waals surface area contributed by atoms with E-state index in [9.17, 15) is 8.42 Å². The Labute approximate surface area is 146 Å². The second-order valence-electron chi connectivity index (χ2n) is 4.45. The lowest BCUT2D eigenvalue weighted by Gasteiger charge is -2.14. The monoisotopic (exact) mass is 362 g/mol. The number of ether oxygens (including phenoxy) is 2. The highest BCUT2D eigenvalue weighted by atomic mass is 32.3. The SMILES string of the molecule is [2H]C([2H])([2H])Oc1cc(Cc2cnc(N)nc2N)cc(OC([2H])([2H])[2H])c1OS(=O)(=O)O. The van der Waals surface area contributed by atoms with Crippen molar-refractivity contribution in [3.05, 3.63) is 29.5 Å². The Hall–Kier alpha value is -2.79. The maximum atomic E-state index is 11.2. The van der Waals surface area contributed by atoms with E-state index in [0.29, 0.717) is 5.56 Å². The number of hydrogen-bond donors (Lipinski definition) is 3. The molecule has 0 bridgehead atoms. The summed E-state index contributed by atoms with van der Waals surface area (Å²) < 4.78 is 88.5. The number of rotatable bonds is 6. The van der Waals surface area contributed by atoms with Crippen LogP contribution in [0.5, 0.6) is 17.2 Å². The quantitative estimate of drug-likeness (QED) is 0.615. The second kappa shape index (κ2) is 6.76. The van der Waals surface area contributed by atoms with Gasteiger partial charge in [0, 0.05) is 18.2 Å². The van der Waals surface area contributed by atoms with E-state index in [2.05, 4.69) is 14.2 Å². The summed E-state index contributed by atoms with van der Waals surface area (Å²) in [5.41, 5.74) is 11.7. The van der Waals surface area contributed by atoms with Gasteiger partial charge < -0.3 is 25.1 Å². The van der Waals surface area contributed by atoms with Crippen molar-refractivity contribution in [1.29, 1.82) is 0 Å².